The maximum absolute atomic E-state index is 10.9. The van der Waals surface area contributed by atoms with Crippen molar-refractivity contribution in [2.75, 3.05) is 0 Å². The van der Waals surface area contributed by atoms with Gasteiger partial charge in [0, 0.05) is 0 Å². The highest BCUT2D eigenvalue weighted by molar-refractivity contribution is 6.03. The van der Waals surface area contributed by atoms with Crippen molar-refractivity contribution >= 4 is 16.9 Å². The number of nitrogens with zero attached hydrogens (tertiary/aromatic N) is 2. The fraction of sp³-hybridized carbons (Fsp3) is 0.100. The lowest BCUT2D eigenvalue weighted by Crippen LogP contribution is -2.00. The molecule has 0 unspecified atom stereocenters. The van der Waals surface area contributed by atoms with Crippen LogP contribution in [-0.4, -0.2) is 26.2 Å². The molecule has 0 aliphatic carbocycles. The Morgan fingerprint density at radius 2 is 2.07 bits per heavy atom. The first kappa shape index (κ1) is 9.39. The van der Waals surface area contributed by atoms with E-state index >= 15 is 0 Å². The predicted molar refractivity (Wildman–Crippen MR) is 52.9 cm³/mol. The smallest absolute Gasteiger partial charge is 0.337 e. The molecule has 0 saturated carbocycles. The predicted octanol–water partition coefficient (Wildman–Crippen LogP) is 1.34. The Morgan fingerprint density at radius 3 is 2.73 bits per heavy atom. The Balaban J connectivity index is 2.92. The van der Waals surface area contributed by atoms with Crippen LogP contribution in [0.15, 0.2) is 18.5 Å². The van der Waals surface area contributed by atoms with Gasteiger partial charge in [0.1, 0.15) is 6.33 Å². The SMILES string of the molecule is Cc1cc(C(=O)O)c2ncnc(O)c2c1. The topological polar surface area (TPSA) is 83.3 Å². The number of carbonyl (C=O) groups is 1. The molecule has 1 heterocycles. The second-order valence-corrected chi connectivity index (χ2v) is 3.21. The summed E-state index contributed by atoms with van der Waals surface area (Å²) in [5.41, 5.74) is 1.06. The van der Waals surface area contributed by atoms with Crippen LogP contribution in [0.25, 0.3) is 10.9 Å². The lowest BCUT2D eigenvalue weighted by atomic mass is 10.1. The molecule has 2 N–H and O–H groups in total. The van der Waals surface area contributed by atoms with Gasteiger partial charge in [0.15, 0.2) is 0 Å². The number of aromatic carboxylic acids is 1. The summed E-state index contributed by atoms with van der Waals surface area (Å²) in [6.45, 7) is 1.75. The highest BCUT2D eigenvalue weighted by atomic mass is 16.4. The summed E-state index contributed by atoms with van der Waals surface area (Å²) in [6, 6.07) is 3.16. The fourth-order valence-electron chi connectivity index (χ4n) is 1.46. The number of hydrogen-bond acceptors (Lipinski definition) is 4. The molecule has 2 aromatic rings. The maximum Gasteiger partial charge on any atom is 0.337 e. The van der Waals surface area contributed by atoms with Gasteiger partial charge in [-0.05, 0) is 24.6 Å². The molecule has 0 aliphatic rings. The summed E-state index contributed by atoms with van der Waals surface area (Å²) in [4.78, 5) is 18.4. The van der Waals surface area contributed by atoms with E-state index in [4.69, 9.17) is 5.11 Å². The van der Waals surface area contributed by atoms with Crippen LogP contribution in [0, 0.1) is 6.92 Å². The Bertz CT molecular complexity index is 552. The van der Waals surface area contributed by atoms with Gasteiger partial charge in [-0.2, -0.15) is 0 Å². The van der Waals surface area contributed by atoms with Crippen molar-refractivity contribution in [1.29, 1.82) is 0 Å². The first-order chi connectivity index (χ1) is 7.09. The van der Waals surface area contributed by atoms with Crippen molar-refractivity contribution < 1.29 is 15.0 Å². The zero-order chi connectivity index (χ0) is 11.0. The number of aryl methyl sites for hydroxylation is 1. The van der Waals surface area contributed by atoms with Gasteiger partial charge in [-0.25, -0.2) is 14.8 Å². The van der Waals surface area contributed by atoms with Crippen LogP contribution in [-0.2, 0) is 0 Å². The lowest BCUT2D eigenvalue weighted by molar-refractivity contribution is 0.0698. The second kappa shape index (κ2) is 3.20. The minimum atomic E-state index is -1.07. The number of benzene rings is 1. The number of fused-ring (bicyclic) bond motifs is 1. The van der Waals surface area contributed by atoms with Gasteiger partial charge >= 0.3 is 5.97 Å². The molecule has 2 rings (SSSR count). The minimum absolute atomic E-state index is 0.0719. The molecule has 0 saturated heterocycles. The van der Waals surface area contributed by atoms with Gasteiger partial charge in [-0.3, -0.25) is 0 Å². The van der Waals surface area contributed by atoms with Crippen molar-refractivity contribution in [3.63, 3.8) is 0 Å². The zero-order valence-electron chi connectivity index (χ0n) is 7.93. The zero-order valence-corrected chi connectivity index (χ0v) is 7.93. The van der Waals surface area contributed by atoms with Crippen LogP contribution in [0.4, 0.5) is 0 Å². The van der Waals surface area contributed by atoms with E-state index in [0.717, 1.165) is 11.9 Å². The molecule has 0 aliphatic heterocycles. The molecular weight excluding hydrogens is 196 g/mol. The average molecular weight is 204 g/mol. The minimum Gasteiger partial charge on any atom is -0.493 e. The quantitative estimate of drug-likeness (QED) is 0.732. The molecule has 0 amide bonds. The van der Waals surface area contributed by atoms with Crippen molar-refractivity contribution in [1.82, 2.24) is 9.97 Å². The van der Waals surface area contributed by atoms with Crippen LogP contribution in [0.1, 0.15) is 15.9 Å². The molecule has 1 aromatic heterocycles. The summed E-state index contributed by atoms with van der Waals surface area (Å²) in [7, 11) is 0. The molecule has 0 bridgehead atoms. The molecule has 0 radical (unpaired) electrons. The van der Waals surface area contributed by atoms with E-state index in [9.17, 15) is 9.90 Å². The van der Waals surface area contributed by atoms with E-state index in [1.165, 1.54) is 6.07 Å². The average Bonchev–Trinajstić information content (AvgIpc) is 2.18. The lowest BCUT2D eigenvalue weighted by Gasteiger charge is -2.04. The van der Waals surface area contributed by atoms with E-state index in [1.54, 1.807) is 13.0 Å². The van der Waals surface area contributed by atoms with Gasteiger partial charge in [0.05, 0.1) is 16.5 Å². The molecule has 0 spiro atoms. The van der Waals surface area contributed by atoms with Gasteiger partial charge in [0.2, 0.25) is 5.88 Å². The Kier molecular flexibility index (Phi) is 2.00. The first-order valence-corrected chi connectivity index (χ1v) is 4.27. The molecular formula is C10H8N2O3. The largest absolute Gasteiger partial charge is 0.493 e. The second-order valence-electron chi connectivity index (χ2n) is 3.21. The van der Waals surface area contributed by atoms with Gasteiger partial charge in [0.25, 0.3) is 0 Å². The summed E-state index contributed by atoms with van der Waals surface area (Å²) >= 11 is 0. The number of carboxylic acid groups (broad SMARTS) is 1. The van der Waals surface area contributed by atoms with E-state index in [0.29, 0.717) is 5.39 Å². The normalized spacial score (nSPS) is 10.5. The third kappa shape index (κ3) is 1.48. The molecule has 0 fully saturated rings. The van der Waals surface area contributed by atoms with Crippen molar-refractivity contribution in [3.8, 4) is 5.88 Å². The van der Waals surface area contributed by atoms with E-state index in [1.807, 2.05) is 0 Å². The Labute approximate surface area is 85.0 Å². The van der Waals surface area contributed by atoms with Gasteiger partial charge in [-0.15, -0.1) is 0 Å². The van der Waals surface area contributed by atoms with Crippen LogP contribution in [0.2, 0.25) is 0 Å². The van der Waals surface area contributed by atoms with Gasteiger partial charge < -0.3 is 10.2 Å². The third-order valence-electron chi connectivity index (χ3n) is 2.09. The number of aromatic hydroxyl groups is 1. The highest BCUT2D eigenvalue weighted by Crippen LogP contribution is 2.24. The summed E-state index contributed by atoms with van der Waals surface area (Å²) < 4.78 is 0. The van der Waals surface area contributed by atoms with Crippen molar-refractivity contribution in [2.24, 2.45) is 0 Å². The molecule has 1 aromatic carbocycles. The summed E-state index contributed by atoms with van der Waals surface area (Å²) in [6.07, 6.45) is 1.14. The van der Waals surface area contributed by atoms with Crippen LogP contribution < -0.4 is 0 Å². The van der Waals surface area contributed by atoms with Crippen LogP contribution in [0.5, 0.6) is 5.88 Å². The summed E-state index contributed by atoms with van der Waals surface area (Å²) in [5, 5.41) is 18.8. The molecule has 5 heteroatoms. The fourth-order valence-corrected chi connectivity index (χ4v) is 1.46. The van der Waals surface area contributed by atoms with Crippen LogP contribution in [0.3, 0.4) is 0 Å². The molecule has 76 valence electrons. The number of carboxylic acids is 1. The summed E-state index contributed by atoms with van der Waals surface area (Å²) in [5.74, 6) is -1.27. The molecule has 0 atom stereocenters. The van der Waals surface area contributed by atoms with Crippen LogP contribution >= 0.6 is 0 Å². The van der Waals surface area contributed by atoms with Crippen molar-refractivity contribution in [3.05, 3.63) is 29.6 Å². The van der Waals surface area contributed by atoms with E-state index < -0.39 is 5.97 Å². The van der Waals surface area contributed by atoms with E-state index in [-0.39, 0.29) is 17.0 Å². The number of hydrogen-bond donors (Lipinski definition) is 2. The van der Waals surface area contributed by atoms with Crippen molar-refractivity contribution in [2.45, 2.75) is 6.92 Å². The van der Waals surface area contributed by atoms with Gasteiger partial charge in [-0.1, -0.05) is 0 Å². The van der Waals surface area contributed by atoms with E-state index in [2.05, 4.69) is 9.97 Å². The Hall–Kier alpha value is -2.17. The maximum atomic E-state index is 10.9. The first-order valence-electron chi connectivity index (χ1n) is 4.27. The monoisotopic (exact) mass is 204 g/mol. The highest BCUT2D eigenvalue weighted by Gasteiger charge is 2.13. The molecule has 15 heavy (non-hydrogen) atoms. The molecule has 5 nitrogen and oxygen atoms in total. The Morgan fingerprint density at radius 1 is 1.33 bits per heavy atom. The third-order valence-corrected chi connectivity index (χ3v) is 2.09. The number of aromatic nitrogens is 2. The number of rotatable bonds is 1. The standard InChI is InChI=1S/C10H8N2O3/c1-5-2-6-8(7(3-5)10(14)15)11-4-12-9(6)13/h2-4H,1H3,(H,14,15)(H,11,12,13).